The molecule has 0 aliphatic rings. The Morgan fingerprint density at radius 1 is 1.10 bits per heavy atom. The zero-order chi connectivity index (χ0) is 21.9. The molecule has 1 aromatic heterocycles. The molecule has 7 heteroatoms. The molecule has 0 unspecified atom stereocenters. The molecule has 0 atom stereocenters. The van der Waals surface area contributed by atoms with Crippen molar-refractivity contribution in [1.82, 2.24) is 4.57 Å². The first-order valence-corrected chi connectivity index (χ1v) is 11.7. The highest BCUT2D eigenvalue weighted by Crippen LogP contribution is 2.36. The number of anilines is 1. The van der Waals surface area contributed by atoms with Crippen LogP contribution in [0.4, 0.5) is 5.69 Å². The van der Waals surface area contributed by atoms with E-state index in [4.69, 9.17) is 4.74 Å². The standard InChI is InChI=1S/C23H27N3O3S/c1-5-14-25-22-15-19(29-4)12-13-20(22)21(16-24)23(25)17-8-10-18(11-9-17)26(6-2)30(27,28)7-3/h8-13,15H,5-7,14H2,1-4H3. The van der Waals surface area contributed by atoms with Gasteiger partial charge in [0.1, 0.15) is 11.8 Å². The molecule has 0 bridgehead atoms. The van der Waals surface area contributed by atoms with Crippen LogP contribution in [0.2, 0.25) is 0 Å². The number of rotatable bonds is 8. The minimum absolute atomic E-state index is 0.0494. The van der Waals surface area contributed by atoms with Crippen molar-refractivity contribution in [1.29, 1.82) is 5.26 Å². The molecule has 3 aromatic rings. The Kier molecular flexibility index (Phi) is 6.37. The molecule has 0 saturated carbocycles. The summed E-state index contributed by atoms with van der Waals surface area (Å²) < 4.78 is 33.7. The first kappa shape index (κ1) is 21.7. The summed E-state index contributed by atoms with van der Waals surface area (Å²) in [4.78, 5) is 0. The molecule has 0 fully saturated rings. The zero-order valence-electron chi connectivity index (χ0n) is 17.8. The van der Waals surface area contributed by atoms with Crippen LogP contribution >= 0.6 is 0 Å². The Balaban J connectivity index is 2.19. The summed E-state index contributed by atoms with van der Waals surface area (Å²) in [5, 5.41) is 10.8. The van der Waals surface area contributed by atoms with Crippen molar-refractivity contribution in [2.24, 2.45) is 0 Å². The lowest BCUT2D eigenvalue weighted by atomic mass is 10.1. The third-order valence-electron chi connectivity index (χ3n) is 5.25. The second-order valence-electron chi connectivity index (χ2n) is 6.98. The fourth-order valence-corrected chi connectivity index (χ4v) is 4.95. The predicted octanol–water partition coefficient (Wildman–Crippen LogP) is 4.77. The van der Waals surface area contributed by atoms with Gasteiger partial charge in [0, 0.05) is 24.5 Å². The highest BCUT2D eigenvalue weighted by atomic mass is 32.2. The maximum Gasteiger partial charge on any atom is 0.234 e. The second-order valence-corrected chi connectivity index (χ2v) is 9.16. The van der Waals surface area contributed by atoms with E-state index < -0.39 is 10.0 Å². The zero-order valence-corrected chi connectivity index (χ0v) is 18.7. The molecular weight excluding hydrogens is 398 g/mol. The lowest BCUT2D eigenvalue weighted by molar-refractivity contribution is 0.415. The Hall–Kier alpha value is -2.98. The molecule has 0 N–H and O–H groups in total. The van der Waals surface area contributed by atoms with Gasteiger partial charge in [0.25, 0.3) is 0 Å². The van der Waals surface area contributed by atoms with Crippen molar-refractivity contribution in [3.8, 4) is 23.1 Å². The van der Waals surface area contributed by atoms with E-state index in [9.17, 15) is 13.7 Å². The fourth-order valence-electron chi connectivity index (χ4n) is 3.81. The van der Waals surface area contributed by atoms with Crippen molar-refractivity contribution >= 4 is 26.6 Å². The molecule has 30 heavy (non-hydrogen) atoms. The topological polar surface area (TPSA) is 75.3 Å². The Morgan fingerprint density at radius 3 is 2.33 bits per heavy atom. The van der Waals surface area contributed by atoms with Gasteiger partial charge in [-0.25, -0.2) is 8.42 Å². The van der Waals surface area contributed by atoms with Gasteiger partial charge < -0.3 is 9.30 Å². The van der Waals surface area contributed by atoms with Gasteiger partial charge in [-0.1, -0.05) is 19.1 Å². The first-order chi connectivity index (χ1) is 14.4. The van der Waals surface area contributed by atoms with Crippen LogP contribution in [0.15, 0.2) is 42.5 Å². The summed E-state index contributed by atoms with van der Waals surface area (Å²) in [6, 6.07) is 15.5. The van der Waals surface area contributed by atoms with E-state index >= 15 is 0 Å². The van der Waals surface area contributed by atoms with Crippen LogP contribution in [-0.4, -0.2) is 32.4 Å². The van der Waals surface area contributed by atoms with E-state index in [-0.39, 0.29) is 5.75 Å². The van der Waals surface area contributed by atoms with Crippen LogP contribution in [0.5, 0.6) is 5.75 Å². The van der Waals surface area contributed by atoms with Gasteiger partial charge in [-0.15, -0.1) is 0 Å². The summed E-state index contributed by atoms with van der Waals surface area (Å²) in [5.74, 6) is 0.792. The second kappa shape index (κ2) is 8.80. The molecule has 0 radical (unpaired) electrons. The van der Waals surface area contributed by atoms with E-state index in [1.807, 2.05) is 49.4 Å². The predicted molar refractivity (Wildman–Crippen MR) is 121 cm³/mol. The molecule has 0 amide bonds. The molecule has 2 aromatic carbocycles. The summed E-state index contributed by atoms with van der Waals surface area (Å²) in [6.07, 6.45) is 0.912. The van der Waals surface area contributed by atoms with Gasteiger partial charge in [0.15, 0.2) is 0 Å². The number of sulfonamides is 1. The van der Waals surface area contributed by atoms with E-state index in [2.05, 4.69) is 17.6 Å². The molecular formula is C23H27N3O3S. The normalized spacial score (nSPS) is 11.4. The number of nitrogens with zero attached hydrogens (tertiary/aromatic N) is 3. The average molecular weight is 426 g/mol. The lowest BCUT2D eigenvalue weighted by Gasteiger charge is -2.22. The van der Waals surface area contributed by atoms with Gasteiger partial charge in [-0.05, 0) is 50.1 Å². The highest BCUT2D eigenvalue weighted by molar-refractivity contribution is 7.92. The fraction of sp³-hybridized carbons (Fsp3) is 0.348. The molecule has 0 spiro atoms. The number of nitriles is 1. The summed E-state index contributed by atoms with van der Waals surface area (Å²) in [6.45, 7) is 6.69. The van der Waals surface area contributed by atoms with Gasteiger partial charge in [-0.3, -0.25) is 4.31 Å². The average Bonchev–Trinajstić information content (AvgIpc) is 3.07. The quantitative estimate of drug-likeness (QED) is 0.521. The maximum atomic E-state index is 12.4. The Labute approximate surface area is 178 Å². The summed E-state index contributed by atoms with van der Waals surface area (Å²) >= 11 is 0. The number of methoxy groups -OCH3 is 1. The Bertz CT molecular complexity index is 1190. The molecule has 0 aliphatic carbocycles. The molecule has 1 heterocycles. The van der Waals surface area contributed by atoms with E-state index in [1.165, 1.54) is 4.31 Å². The number of benzene rings is 2. The number of hydrogen-bond acceptors (Lipinski definition) is 4. The number of hydrogen-bond donors (Lipinski definition) is 0. The van der Waals surface area contributed by atoms with Crippen molar-refractivity contribution in [2.75, 3.05) is 23.7 Å². The monoisotopic (exact) mass is 425 g/mol. The summed E-state index contributed by atoms with van der Waals surface area (Å²) in [7, 11) is -1.71. The lowest BCUT2D eigenvalue weighted by Crippen LogP contribution is -2.31. The van der Waals surface area contributed by atoms with Gasteiger partial charge >= 0.3 is 0 Å². The minimum Gasteiger partial charge on any atom is -0.497 e. The van der Waals surface area contributed by atoms with Crippen LogP contribution < -0.4 is 9.04 Å². The smallest absolute Gasteiger partial charge is 0.234 e. The van der Waals surface area contributed by atoms with Crippen molar-refractivity contribution in [3.63, 3.8) is 0 Å². The minimum atomic E-state index is -3.34. The molecule has 0 saturated heterocycles. The molecule has 3 rings (SSSR count). The number of aryl methyl sites for hydroxylation is 1. The van der Waals surface area contributed by atoms with Crippen LogP contribution in [0.3, 0.4) is 0 Å². The maximum absolute atomic E-state index is 12.4. The molecule has 158 valence electrons. The molecule has 6 nitrogen and oxygen atoms in total. The number of ether oxygens (including phenoxy) is 1. The van der Waals surface area contributed by atoms with Crippen molar-refractivity contribution < 1.29 is 13.2 Å². The largest absolute Gasteiger partial charge is 0.497 e. The van der Waals surface area contributed by atoms with Crippen LogP contribution in [0.1, 0.15) is 32.8 Å². The summed E-state index contributed by atoms with van der Waals surface area (Å²) in [5.41, 5.74) is 3.92. The van der Waals surface area contributed by atoms with Crippen LogP contribution in [-0.2, 0) is 16.6 Å². The van der Waals surface area contributed by atoms with Gasteiger partial charge in [0.05, 0.1) is 35.3 Å². The van der Waals surface area contributed by atoms with Crippen molar-refractivity contribution in [2.45, 2.75) is 33.7 Å². The van der Waals surface area contributed by atoms with E-state index in [0.717, 1.165) is 40.9 Å². The van der Waals surface area contributed by atoms with Crippen LogP contribution in [0, 0.1) is 11.3 Å². The Morgan fingerprint density at radius 2 is 1.80 bits per heavy atom. The van der Waals surface area contributed by atoms with E-state index in [0.29, 0.717) is 17.8 Å². The van der Waals surface area contributed by atoms with Crippen molar-refractivity contribution in [3.05, 3.63) is 48.0 Å². The van der Waals surface area contributed by atoms with Gasteiger partial charge in [-0.2, -0.15) is 5.26 Å². The van der Waals surface area contributed by atoms with Crippen LogP contribution in [0.25, 0.3) is 22.2 Å². The highest BCUT2D eigenvalue weighted by Gasteiger charge is 2.21. The van der Waals surface area contributed by atoms with Gasteiger partial charge in [0.2, 0.25) is 10.0 Å². The first-order valence-electron chi connectivity index (χ1n) is 10.1. The SMILES string of the molecule is CCCn1c(-c2ccc(N(CC)S(=O)(=O)CC)cc2)c(C#N)c2ccc(OC)cc21. The number of aromatic nitrogens is 1. The third-order valence-corrected chi connectivity index (χ3v) is 7.12. The molecule has 0 aliphatic heterocycles. The third kappa shape index (κ3) is 3.75. The van der Waals surface area contributed by atoms with E-state index in [1.54, 1.807) is 14.0 Å². The number of fused-ring (bicyclic) bond motifs is 1.